The van der Waals surface area contributed by atoms with E-state index in [1.165, 1.54) is 6.92 Å². The lowest BCUT2D eigenvalue weighted by Crippen LogP contribution is -2.48. The number of hydrogen-bond acceptors (Lipinski definition) is 4. The van der Waals surface area contributed by atoms with Gasteiger partial charge in [-0.25, -0.2) is 0 Å². The Morgan fingerprint density at radius 2 is 1.67 bits per heavy atom. The van der Waals surface area contributed by atoms with Crippen molar-refractivity contribution in [3.05, 3.63) is 66.2 Å². The van der Waals surface area contributed by atoms with Gasteiger partial charge in [-0.2, -0.15) is 0 Å². The molecule has 2 aromatic carbocycles. The van der Waals surface area contributed by atoms with Crippen molar-refractivity contribution >= 4 is 29.3 Å². The number of nitrogens with zero attached hydrogens (tertiary/aromatic N) is 1. The van der Waals surface area contributed by atoms with Crippen LogP contribution in [-0.4, -0.2) is 28.5 Å². The third kappa shape index (κ3) is 3.54. The fourth-order valence-corrected chi connectivity index (χ4v) is 4.19. The molecular weight excluding hydrogens is 322 g/mol. The van der Waals surface area contributed by atoms with Gasteiger partial charge >= 0.3 is 0 Å². The van der Waals surface area contributed by atoms with Crippen molar-refractivity contribution in [1.29, 1.82) is 0 Å². The van der Waals surface area contributed by atoms with E-state index in [1.54, 1.807) is 16.7 Å². The summed E-state index contributed by atoms with van der Waals surface area (Å²) in [5.74, 6) is 0.259. The molecule has 2 aromatic rings. The molecular formula is C18H19N3O2S. The fourth-order valence-electron chi connectivity index (χ4n) is 2.71. The lowest BCUT2D eigenvalue weighted by Gasteiger charge is -2.28. The molecule has 0 aromatic heterocycles. The van der Waals surface area contributed by atoms with Crippen LogP contribution < -0.4 is 10.9 Å². The SMILES string of the molecule is CC(=O)N1[C@H](C(=O)NNc2ccccc2)CS[C@H]1c1ccccc1. The first-order chi connectivity index (χ1) is 11.7. The Labute approximate surface area is 145 Å². The molecule has 124 valence electrons. The van der Waals surface area contributed by atoms with Gasteiger partial charge in [0.2, 0.25) is 5.91 Å². The highest BCUT2D eigenvalue weighted by atomic mass is 32.2. The summed E-state index contributed by atoms with van der Waals surface area (Å²) in [6.45, 7) is 1.51. The predicted octanol–water partition coefficient (Wildman–Crippen LogP) is 2.79. The van der Waals surface area contributed by atoms with Crippen molar-refractivity contribution in [3.8, 4) is 0 Å². The number of hydrogen-bond donors (Lipinski definition) is 2. The Morgan fingerprint density at radius 3 is 2.29 bits per heavy atom. The van der Waals surface area contributed by atoms with Gasteiger partial charge in [-0.05, 0) is 17.7 Å². The molecule has 0 aliphatic carbocycles. The minimum atomic E-state index is -0.492. The van der Waals surface area contributed by atoms with Gasteiger partial charge in [0.15, 0.2) is 0 Å². The highest BCUT2D eigenvalue weighted by Crippen LogP contribution is 2.41. The molecule has 0 spiro atoms. The number of anilines is 1. The summed E-state index contributed by atoms with van der Waals surface area (Å²) < 4.78 is 0. The van der Waals surface area contributed by atoms with Gasteiger partial charge in [0.05, 0.1) is 5.69 Å². The van der Waals surface area contributed by atoms with E-state index in [-0.39, 0.29) is 17.2 Å². The van der Waals surface area contributed by atoms with Gasteiger partial charge in [0, 0.05) is 12.7 Å². The fraction of sp³-hybridized carbons (Fsp3) is 0.222. The molecule has 1 heterocycles. The van der Waals surface area contributed by atoms with E-state index >= 15 is 0 Å². The summed E-state index contributed by atoms with van der Waals surface area (Å²) in [6, 6.07) is 18.7. The monoisotopic (exact) mass is 341 g/mol. The maximum Gasteiger partial charge on any atom is 0.262 e. The molecule has 3 rings (SSSR count). The van der Waals surface area contributed by atoms with Gasteiger partial charge in [-0.1, -0.05) is 48.5 Å². The molecule has 5 nitrogen and oxygen atoms in total. The molecule has 2 amide bonds. The van der Waals surface area contributed by atoms with Crippen LogP contribution in [0.1, 0.15) is 17.9 Å². The zero-order chi connectivity index (χ0) is 16.9. The van der Waals surface area contributed by atoms with E-state index in [9.17, 15) is 9.59 Å². The van der Waals surface area contributed by atoms with Crippen LogP contribution in [0.5, 0.6) is 0 Å². The van der Waals surface area contributed by atoms with E-state index in [2.05, 4.69) is 10.9 Å². The van der Waals surface area contributed by atoms with Gasteiger partial charge in [-0.3, -0.25) is 20.4 Å². The van der Waals surface area contributed by atoms with E-state index < -0.39 is 6.04 Å². The number of thioether (sulfide) groups is 1. The average Bonchev–Trinajstić information content (AvgIpc) is 3.07. The quantitative estimate of drug-likeness (QED) is 0.840. The zero-order valence-electron chi connectivity index (χ0n) is 13.3. The molecule has 1 fully saturated rings. The van der Waals surface area contributed by atoms with Crippen LogP contribution in [0.25, 0.3) is 0 Å². The second-order valence-corrected chi connectivity index (χ2v) is 6.63. The summed E-state index contributed by atoms with van der Waals surface area (Å²) in [7, 11) is 0. The third-order valence-corrected chi connectivity index (χ3v) is 5.18. The third-order valence-electron chi connectivity index (χ3n) is 3.86. The van der Waals surface area contributed by atoms with Gasteiger partial charge in [0.1, 0.15) is 11.4 Å². The van der Waals surface area contributed by atoms with E-state index in [0.717, 1.165) is 11.3 Å². The Balaban J connectivity index is 1.70. The Kier molecular flexibility index (Phi) is 5.05. The second kappa shape index (κ2) is 7.40. The predicted molar refractivity (Wildman–Crippen MR) is 96.2 cm³/mol. The van der Waals surface area contributed by atoms with Gasteiger partial charge in [0.25, 0.3) is 5.91 Å². The first kappa shape index (κ1) is 16.4. The van der Waals surface area contributed by atoms with Crippen LogP contribution in [0, 0.1) is 0 Å². The molecule has 0 radical (unpaired) electrons. The normalized spacial score (nSPS) is 19.8. The smallest absolute Gasteiger partial charge is 0.262 e. The number of carbonyl (C=O) groups excluding carboxylic acids is 2. The number of nitrogens with one attached hydrogen (secondary N) is 2. The molecule has 24 heavy (non-hydrogen) atoms. The second-order valence-electron chi connectivity index (χ2n) is 5.52. The van der Waals surface area contributed by atoms with Crippen molar-refractivity contribution in [1.82, 2.24) is 10.3 Å². The standard InChI is InChI=1S/C18H19N3O2S/c1-13(22)21-16(12-24-18(21)14-8-4-2-5-9-14)17(23)20-19-15-10-6-3-7-11-15/h2-11,16,18-19H,12H2,1H3,(H,20,23)/t16-,18-/m0/s1. The Bertz CT molecular complexity index is 709. The minimum Gasteiger partial charge on any atom is -0.314 e. The summed E-state index contributed by atoms with van der Waals surface area (Å²) in [5.41, 5.74) is 7.42. The van der Waals surface area contributed by atoms with Crippen LogP contribution in [0.2, 0.25) is 0 Å². The van der Waals surface area contributed by atoms with Crippen molar-refractivity contribution in [2.75, 3.05) is 11.2 Å². The number of para-hydroxylation sites is 1. The van der Waals surface area contributed by atoms with Crippen molar-refractivity contribution in [2.24, 2.45) is 0 Å². The average molecular weight is 341 g/mol. The van der Waals surface area contributed by atoms with Crippen LogP contribution in [0.3, 0.4) is 0 Å². The number of rotatable bonds is 4. The van der Waals surface area contributed by atoms with Crippen LogP contribution in [-0.2, 0) is 9.59 Å². The molecule has 1 aliphatic rings. The molecule has 2 N–H and O–H groups in total. The van der Waals surface area contributed by atoms with Crippen LogP contribution in [0.4, 0.5) is 5.69 Å². The highest BCUT2D eigenvalue weighted by molar-refractivity contribution is 7.99. The van der Waals surface area contributed by atoms with Crippen LogP contribution in [0.15, 0.2) is 60.7 Å². The number of hydrazine groups is 1. The van der Waals surface area contributed by atoms with Gasteiger partial charge < -0.3 is 4.90 Å². The van der Waals surface area contributed by atoms with Gasteiger partial charge in [-0.15, -0.1) is 11.8 Å². The zero-order valence-corrected chi connectivity index (χ0v) is 14.1. The van der Waals surface area contributed by atoms with Crippen molar-refractivity contribution in [3.63, 3.8) is 0 Å². The first-order valence-electron chi connectivity index (χ1n) is 7.73. The molecule has 1 saturated heterocycles. The van der Waals surface area contributed by atoms with E-state index in [4.69, 9.17) is 0 Å². The Morgan fingerprint density at radius 1 is 1.04 bits per heavy atom. The number of amides is 2. The maximum absolute atomic E-state index is 12.5. The first-order valence-corrected chi connectivity index (χ1v) is 8.78. The maximum atomic E-state index is 12.5. The highest BCUT2D eigenvalue weighted by Gasteiger charge is 2.40. The number of carbonyl (C=O) groups is 2. The van der Waals surface area contributed by atoms with E-state index in [1.807, 2.05) is 60.7 Å². The summed E-state index contributed by atoms with van der Waals surface area (Å²) in [4.78, 5) is 26.3. The summed E-state index contributed by atoms with van der Waals surface area (Å²) in [6.07, 6.45) is 0. The lowest BCUT2D eigenvalue weighted by molar-refractivity contribution is -0.138. The largest absolute Gasteiger partial charge is 0.314 e. The molecule has 0 bridgehead atoms. The summed E-state index contributed by atoms with van der Waals surface area (Å²) in [5, 5.41) is -0.129. The molecule has 6 heteroatoms. The molecule has 2 atom stereocenters. The van der Waals surface area contributed by atoms with Crippen molar-refractivity contribution < 1.29 is 9.59 Å². The summed E-state index contributed by atoms with van der Waals surface area (Å²) >= 11 is 1.61. The molecule has 0 saturated carbocycles. The Hall–Kier alpha value is -2.47. The molecule has 1 aliphatic heterocycles. The van der Waals surface area contributed by atoms with Crippen molar-refractivity contribution in [2.45, 2.75) is 18.3 Å². The topological polar surface area (TPSA) is 61.4 Å². The lowest BCUT2D eigenvalue weighted by atomic mass is 10.1. The van der Waals surface area contributed by atoms with Crippen LogP contribution >= 0.6 is 11.8 Å². The molecule has 0 unspecified atom stereocenters. The minimum absolute atomic E-state index is 0.103. The van der Waals surface area contributed by atoms with E-state index in [0.29, 0.717) is 5.75 Å². The number of benzene rings is 2.